The average Bonchev–Trinajstić information content (AvgIpc) is 2.40. The van der Waals surface area contributed by atoms with Crippen LogP contribution in [-0.2, 0) is 15.4 Å². The topological polar surface area (TPSA) is 49.9 Å². The summed E-state index contributed by atoms with van der Waals surface area (Å²) in [5.74, 6) is 0. The minimum Gasteiger partial charge on any atom is -0.327 e. The summed E-state index contributed by atoms with van der Waals surface area (Å²) in [5.41, 5.74) is 0. The second kappa shape index (κ2) is 6.84. The molecule has 1 saturated heterocycles. The van der Waals surface area contributed by atoms with Crippen LogP contribution in [0.3, 0.4) is 0 Å². The van der Waals surface area contributed by atoms with Crippen molar-refractivity contribution in [3.63, 3.8) is 0 Å². The van der Waals surface area contributed by atoms with Crippen LogP contribution in [0.25, 0.3) is 0 Å². The minimum absolute atomic E-state index is 0.132. The highest BCUT2D eigenvalue weighted by Crippen LogP contribution is 2.22. The summed E-state index contributed by atoms with van der Waals surface area (Å²) in [4.78, 5) is 12.5. The van der Waals surface area contributed by atoms with Gasteiger partial charge in [-0.3, -0.25) is 8.98 Å². The van der Waals surface area contributed by atoms with Gasteiger partial charge in [-0.05, 0) is 24.4 Å². The summed E-state index contributed by atoms with van der Waals surface area (Å²) in [6.45, 7) is 2.14. The summed E-state index contributed by atoms with van der Waals surface area (Å²) >= 11 is 4.02. The maximum Gasteiger partial charge on any atom is 0.316 e. The van der Waals surface area contributed by atoms with Crippen molar-refractivity contribution in [2.75, 3.05) is 26.2 Å². The van der Waals surface area contributed by atoms with Gasteiger partial charge in [-0.1, -0.05) is 19.3 Å². The maximum atomic E-state index is 12.0. The molecule has 2 fully saturated rings. The van der Waals surface area contributed by atoms with E-state index in [0.29, 0.717) is 26.2 Å². The second-order valence-corrected chi connectivity index (χ2v) is 6.21. The van der Waals surface area contributed by atoms with Gasteiger partial charge >= 0.3 is 5.37 Å². The zero-order chi connectivity index (χ0) is 13.0. The van der Waals surface area contributed by atoms with Crippen molar-refractivity contribution in [3.05, 3.63) is 0 Å². The molecule has 1 atom stereocenters. The van der Waals surface area contributed by atoms with Gasteiger partial charge in [-0.15, -0.1) is 0 Å². The fourth-order valence-corrected chi connectivity index (χ4v) is 3.53. The van der Waals surface area contributed by atoms with Crippen molar-refractivity contribution in [1.29, 1.82) is 0 Å². The molecule has 2 aliphatic rings. The molecule has 1 aliphatic heterocycles. The van der Waals surface area contributed by atoms with Gasteiger partial charge in [0.1, 0.15) is 0 Å². The Bertz CT molecular complexity index is 315. The van der Waals surface area contributed by atoms with Crippen molar-refractivity contribution >= 4 is 28.2 Å². The third kappa shape index (κ3) is 3.91. The quantitative estimate of drug-likeness (QED) is 0.590. The SMILES string of the molecule is O=C(Cl)N1CCN(S(=O)OC2CCCCC2)CC1. The third-order valence-electron chi connectivity index (χ3n) is 3.47. The van der Waals surface area contributed by atoms with Gasteiger partial charge in [0.15, 0.2) is 0 Å². The summed E-state index contributed by atoms with van der Waals surface area (Å²) < 4.78 is 19.4. The molecule has 0 N–H and O–H groups in total. The molecular formula is C11H19ClN2O3S. The van der Waals surface area contributed by atoms with Gasteiger partial charge in [0, 0.05) is 26.2 Å². The molecule has 0 aromatic rings. The molecule has 104 valence electrons. The minimum atomic E-state index is -1.38. The molecular weight excluding hydrogens is 276 g/mol. The van der Waals surface area contributed by atoms with Crippen LogP contribution in [-0.4, -0.2) is 51.1 Å². The van der Waals surface area contributed by atoms with Crippen LogP contribution < -0.4 is 0 Å². The number of hydrogen-bond acceptors (Lipinski definition) is 3. The van der Waals surface area contributed by atoms with Crippen LogP contribution in [0.2, 0.25) is 0 Å². The van der Waals surface area contributed by atoms with Gasteiger partial charge in [0.2, 0.25) is 11.3 Å². The lowest BCUT2D eigenvalue weighted by molar-refractivity contribution is 0.148. The third-order valence-corrected chi connectivity index (χ3v) is 4.93. The zero-order valence-electron chi connectivity index (χ0n) is 10.3. The van der Waals surface area contributed by atoms with Gasteiger partial charge < -0.3 is 4.90 Å². The first-order chi connectivity index (χ1) is 8.66. The molecule has 0 radical (unpaired) electrons. The first-order valence-electron chi connectivity index (χ1n) is 6.45. The number of carbonyl (C=O) groups excluding carboxylic acids is 1. The van der Waals surface area contributed by atoms with E-state index < -0.39 is 16.6 Å². The number of amides is 1. The van der Waals surface area contributed by atoms with E-state index in [4.69, 9.17) is 15.8 Å². The van der Waals surface area contributed by atoms with E-state index in [2.05, 4.69) is 0 Å². The van der Waals surface area contributed by atoms with E-state index in [1.54, 1.807) is 9.21 Å². The Hall–Kier alpha value is -0.170. The Balaban J connectivity index is 1.75. The lowest BCUT2D eigenvalue weighted by atomic mass is 9.98. The van der Waals surface area contributed by atoms with Crippen molar-refractivity contribution in [2.24, 2.45) is 0 Å². The van der Waals surface area contributed by atoms with Crippen LogP contribution in [0.4, 0.5) is 4.79 Å². The van der Waals surface area contributed by atoms with Crippen molar-refractivity contribution < 1.29 is 13.2 Å². The summed E-state index contributed by atoms with van der Waals surface area (Å²) in [7, 11) is 0. The van der Waals surface area contributed by atoms with Crippen LogP contribution >= 0.6 is 11.6 Å². The van der Waals surface area contributed by atoms with E-state index in [-0.39, 0.29) is 6.10 Å². The molecule has 5 nitrogen and oxygen atoms in total. The van der Waals surface area contributed by atoms with Gasteiger partial charge in [0.05, 0.1) is 6.10 Å². The highest BCUT2D eigenvalue weighted by Gasteiger charge is 2.26. The lowest BCUT2D eigenvalue weighted by Crippen LogP contribution is -2.48. The first kappa shape index (κ1) is 14.2. The first-order valence-corrected chi connectivity index (χ1v) is 7.86. The number of hydrogen-bond donors (Lipinski definition) is 0. The zero-order valence-corrected chi connectivity index (χ0v) is 11.9. The molecule has 1 aliphatic carbocycles. The van der Waals surface area contributed by atoms with Gasteiger partial charge in [-0.25, -0.2) is 4.21 Å². The second-order valence-electron chi connectivity index (χ2n) is 4.74. The number of nitrogens with zero attached hydrogens (tertiary/aromatic N) is 2. The monoisotopic (exact) mass is 294 g/mol. The highest BCUT2D eigenvalue weighted by atomic mass is 35.5. The van der Waals surface area contributed by atoms with E-state index in [0.717, 1.165) is 25.7 Å². The molecule has 0 aromatic carbocycles. The largest absolute Gasteiger partial charge is 0.327 e. The molecule has 2 rings (SSSR count). The molecule has 18 heavy (non-hydrogen) atoms. The molecule has 1 saturated carbocycles. The number of piperazine rings is 1. The fourth-order valence-electron chi connectivity index (χ4n) is 2.35. The van der Waals surface area contributed by atoms with Crippen LogP contribution in [0, 0.1) is 0 Å². The van der Waals surface area contributed by atoms with E-state index in [1.165, 1.54) is 6.42 Å². The standard InChI is InChI=1S/C11H19ClN2O3S/c12-11(15)13-6-8-14(9-7-13)18(16)17-10-4-2-1-3-5-10/h10H,1-9H2. The van der Waals surface area contributed by atoms with Gasteiger partial charge in [-0.2, -0.15) is 4.31 Å². The highest BCUT2D eigenvalue weighted by molar-refractivity contribution is 7.77. The van der Waals surface area contributed by atoms with E-state index >= 15 is 0 Å². The Kier molecular flexibility index (Phi) is 5.41. The van der Waals surface area contributed by atoms with E-state index in [1.807, 2.05) is 0 Å². The van der Waals surface area contributed by atoms with Crippen LogP contribution in [0.5, 0.6) is 0 Å². The molecule has 0 aromatic heterocycles. The van der Waals surface area contributed by atoms with Crippen LogP contribution in [0.1, 0.15) is 32.1 Å². The Labute approximate surface area is 115 Å². The molecule has 1 unspecified atom stereocenters. The lowest BCUT2D eigenvalue weighted by Gasteiger charge is -2.33. The van der Waals surface area contributed by atoms with Crippen molar-refractivity contribution in [1.82, 2.24) is 9.21 Å². The van der Waals surface area contributed by atoms with Crippen molar-refractivity contribution in [3.8, 4) is 0 Å². The molecule has 0 bridgehead atoms. The summed E-state index contributed by atoms with van der Waals surface area (Å²) in [6, 6.07) is 0. The molecule has 0 spiro atoms. The van der Waals surface area contributed by atoms with Crippen molar-refractivity contribution in [2.45, 2.75) is 38.2 Å². The Morgan fingerprint density at radius 2 is 1.72 bits per heavy atom. The summed E-state index contributed by atoms with van der Waals surface area (Å²) in [6.07, 6.45) is 5.72. The Morgan fingerprint density at radius 1 is 1.11 bits per heavy atom. The number of carbonyl (C=O) groups is 1. The number of rotatable bonds is 3. The predicted molar refractivity (Wildman–Crippen MR) is 70.5 cm³/mol. The predicted octanol–water partition coefficient (Wildman–Crippen LogP) is 1.89. The fraction of sp³-hybridized carbons (Fsp3) is 0.909. The maximum absolute atomic E-state index is 12.0. The normalized spacial score (nSPS) is 25.1. The smallest absolute Gasteiger partial charge is 0.316 e. The van der Waals surface area contributed by atoms with Crippen LogP contribution in [0.15, 0.2) is 0 Å². The molecule has 7 heteroatoms. The molecule has 1 amide bonds. The Morgan fingerprint density at radius 3 is 2.28 bits per heavy atom. The van der Waals surface area contributed by atoms with E-state index in [9.17, 15) is 9.00 Å². The molecule has 1 heterocycles. The average molecular weight is 295 g/mol. The summed E-state index contributed by atoms with van der Waals surface area (Å²) in [5, 5.41) is -0.436. The number of halogens is 1. The van der Waals surface area contributed by atoms with Gasteiger partial charge in [0.25, 0.3) is 0 Å².